The van der Waals surface area contributed by atoms with E-state index in [0.29, 0.717) is 12.8 Å². The lowest BCUT2D eigenvalue weighted by Crippen LogP contribution is -2.51. The van der Waals surface area contributed by atoms with E-state index in [1.807, 2.05) is 23.8 Å². The molecular formula is C12H15NO3S. The van der Waals surface area contributed by atoms with Gasteiger partial charge in [0, 0.05) is 0 Å². The van der Waals surface area contributed by atoms with Crippen LogP contribution >= 0.6 is 11.3 Å². The summed E-state index contributed by atoms with van der Waals surface area (Å²) in [5, 5.41) is 15.8. The first-order valence-corrected chi connectivity index (χ1v) is 6.57. The molecule has 0 saturated heterocycles. The Morgan fingerprint density at radius 1 is 1.53 bits per heavy atom. The van der Waals surface area contributed by atoms with E-state index in [9.17, 15) is 9.59 Å². The van der Waals surface area contributed by atoms with Crippen LogP contribution in [0, 0.1) is 5.41 Å². The summed E-state index contributed by atoms with van der Waals surface area (Å²) in [5.74, 6) is -1.35. The van der Waals surface area contributed by atoms with Crippen molar-refractivity contribution < 1.29 is 14.7 Å². The molecule has 1 amide bonds. The second-order valence-corrected chi connectivity index (χ2v) is 5.27. The molecular weight excluding hydrogens is 238 g/mol. The van der Waals surface area contributed by atoms with Crippen molar-refractivity contribution >= 4 is 23.2 Å². The maximum absolute atomic E-state index is 12.0. The Bertz CT molecular complexity index is 423. The first kappa shape index (κ1) is 12.1. The monoisotopic (exact) mass is 253 g/mol. The quantitative estimate of drug-likeness (QED) is 0.808. The molecule has 1 aliphatic carbocycles. The van der Waals surface area contributed by atoms with E-state index in [1.165, 1.54) is 0 Å². The van der Waals surface area contributed by atoms with Gasteiger partial charge in [0.15, 0.2) is 0 Å². The van der Waals surface area contributed by atoms with Crippen molar-refractivity contribution in [2.45, 2.75) is 32.2 Å². The summed E-state index contributed by atoms with van der Waals surface area (Å²) in [6, 6.07) is 1.80. The zero-order chi connectivity index (χ0) is 12.5. The number of hydrogen-bond donors (Lipinski definition) is 2. The van der Waals surface area contributed by atoms with Crippen LogP contribution in [0.15, 0.2) is 16.8 Å². The third kappa shape index (κ3) is 2.07. The first-order chi connectivity index (χ1) is 8.06. The molecule has 17 heavy (non-hydrogen) atoms. The van der Waals surface area contributed by atoms with Gasteiger partial charge in [0.05, 0.1) is 6.04 Å². The third-order valence-electron chi connectivity index (χ3n) is 3.44. The van der Waals surface area contributed by atoms with Gasteiger partial charge < -0.3 is 10.4 Å². The molecule has 0 radical (unpaired) electrons. The highest BCUT2D eigenvalue weighted by molar-refractivity contribution is 7.07. The molecule has 1 fully saturated rings. The lowest BCUT2D eigenvalue weighted by atomic mass is 9.68. The highest BCUT2D eigenvalue weighted by Crippen LogP contribution is 2.41. The van der Waals surface area contributed by atoms with E-state index in [4.69, 9.17) is 5.11 Å². The van der Waals surface area contributed by atoms with Crippen LogP contribution in [0.5, 0.6) is 0 Å². The summed E-state index contributed by atoms with van der Waals surface area (Å²) < 4.78 is 0. The molecule has 4 nitrogen and oxygen atoms in total. The highest BCUT2D eigenvalue weighted by Gasteiger charge is 2.51. The molecule has 1 aromatic rings. The molecule has 5 heteroatoms. The average molecular weight is 253 g/mol. The molecule has 92 valence electrons. The van der Waals surface area contributed by atoms with Crippen molar-refractivity contribution in [3.63, 3.8) is 0 Å². The molecule has 0 spiro atoms. The standard InChI is InChI=1S/C12H15NO3S/c1-8(9-3-6-17-7-9)13-10(14)12(11(15)16)4-2-5-12/h3,6-8H,2,4-5H2,1H3,(H,13,14)(H,15,16). The minimum atomic E-state index is -1.18. The first-order valence-electron chi connectivity index (χ1n) is 5.63. The van der Waals surface area contributed by atoms with E-state index in [-0.39, 0.29) is 11.9 Å². The molecule has 0 aliphatic heterocycles. The van der Waals surface area contributed by atoms with Gasteiger partial charge in [-0.25, -0.2) is 0 Å². The van der Waals surface area contributed by atoms with Crippen LogP contribution < -0.4 is 5.32 Å². The summed E-state index contributed by atoms with van der Waals surface area (Å²) in [7, 11) is 0. The predicted molar refractivity (Wildman–Crippen MR) is 64.8 cm³/mol. The fourth-order valence-electron chi connectivity index (χ4n) is 2.01. The van der Waals surface area contributed by atoms with Crippen LogP contribution in [0.25, 0.3) is 0 Å². The molecule has 2 rings (SSSR count). The molecule has 1 heterocycles. The number of carbonyl (C=O) groups is 2. The van der Waals surface area contributed by atoms with Gasteiger partial charge in [0.2, 0.25) is 5.91 Å². The second-order valence-electron chi connectivity index (χ2n) is 4.49. The number of amides is 1. The number of rotatable bonds is 4. The number of hydrogen-bond acceptors (Lipinski definition) is 3. The summed E-state index contributed by atoms with van der Waals surface area (Å²) in [5.41, 5.74) is -0.159. The van der Waals surface area contributed by atoms with E-state index < -0.39 is 11.4 Å². The van der Waals surface area contributed by atoms with Crippen LogP contribution in [-0.2, 0) is 9.59 Å². The van der Waals surface area contributed by atoms with Crippen LogP contribution in [0.4, 0.5) is 0 Å². The lowest BCUT2D eigenvalue weighted by molar-refractivity contribution is -0.162. The average Bonchev–Trinajstić information content (AvgIpc) is 2.66. The maximum atomic E-state index is 12.0. The van der Waals surface area contributed by atoms with Crippen LogP contribution in [0.1, 0.15) is 37.8 Å². The number of carboxylic acids is 1. The van der Waals surface area contributed by atoms with E-state index in [2.05, 4.69) is 5.32 Å². The summed E-state index contributed by atoms with van der Waals surface area (Å²) >= 11 is 1.56. The molecule has 1 aliphatic rings. The number of carbonyl (C=O) groups excluding carboxylic acids is 1. The number of carboxylic acid groups (broad SMARTS) is 1. The minimum Gasteiger partial charge on any atom is -0.480 e. The van der Waals surface area contributed by atoms with E-state index >= 15 is 0 Å². The highest BCUT2D eigenvalue weighted by atomic mass is 32.1. The van der Waals surface area contributed by atoms with Gasteiger partial charge in [-0.1, -0.05) is 6.42 Å². The smallest absolute Gasteiger partial charge is 0.319 e. The zero-order valence-corrected chi connectivity index (χ0v) is 10.4. The molecule has 2 N–H and O–H groups in total. The largest absolute Gasteiger partial charge is 0.480 e. The van der Waals surface area contributed by atoms with Gasteiger partial charge in [-0.3, -0.25) is 9.59 Å². The van der Waals surface area contributed by atoms with Crippen LogP contribution in [-0.4, -0.2) is 17.0 Å². The third-order valence-corrected chi connectivity index (χ3v) is 4.14. The van der Waals surface area contributed by atoms with Gasteiger partial charge in [-0.05, 0) is 42.2 Å². The van der Waals surface area contributed by atoms with Crippen molar-refractivity contribution in [1.29, 1.82) is 0 Å². The second kappa shape index (κ2) is 4.49. The van der Waals surface area contributed by atoms with Gasteiger partial charge in [-0.15, -0.1) is 0 Å². The van der Waals surface area contributed by atoms with Crippen LogP contribution in [0.3, 0.4) is 0 Å². The lowest BCUT2D eigenvalue weighted by Gasteiger charge is -2.36. The molecule has 1 atom stereocenters. The Morgan fingerprint density at radius 3 is 2.65 bits per heavy atom. The predicted octanol–water partition coefficient (Wildman–Crippen LogP) is 2.18. The van der Waals surface area contributed by atoms with E-state index in [0.717, 1.165) is 12.0 Å². The van der Waals surface area contributed by atoms with Crippen molar-refractivity contribution in [2.24, 2.45) is 5.41 Å². The van der Waals surface area contributed by atoms with E-state index in [1.54, 1.807) is 11.3 Å². The number of nitrogens with one attached hydrogen (secondary N) is 1. The van der Waals surface area contributed by atoms with Crippen LogP contribution in [0.2, 0.25) is 0 Å². The molecule has 0 aromatic carbocycles. The van der Waals surface area contributed by atoms with Gasteiger partial charge in [-0.2, -0.15) is 11.3 Å². The molecule has 1 unspecified atom stereocenters. The maximum Gasteiger partial charge on any atom is 0.319 e. The summed E-state index contributed by atoms with van der Waals surface area (Å²) in [4.78, 5) is 23.2. The number of aliphatic carboxylic acids is 1. The van der Waals surface area contributed by atoms with Crippen molar-refractivity contribution in [3.05, 3.63) is 22.4 Å². The minimum absolute atomic E-state index is 0.134. The Morgan fingerprint density at radius 2 is 2.24 bits per heavy atom. The number of thiophene rings is 1. The molecule has 1 aromatic heterocycles. The van der Waals surface area contributed by atoms with Crippen molar-refractivity contribution in [3.8, 4) is 0 Å². The van der Waals surface area contributed by atoms with Gasteiger partial charge in [0.25, 0.3) is 0 Å². The Hall–Kier alpha value is -1.36. The molecule has 1 saturated carbocycles. The SMILES string of the molecule is CC(NC(=O)C1(C(=O)O)CCC1)c1ccsc1. The fraction of sp³-hybridized carbons (Fsp3) is 0.500. The van der Waals surface area contributed by atoms with Crippen molar-refractivity contribution in [2.75, 3.05) is 0 Å². The fourth-order valence-corrected chi connectivity index (χ4v) is 2.76. The summed E-state index contributed by atoms with van der Waals surface area (Å²) in [6.07, 6.45) is 1.71. The topological polar surface area (TPSA) is 66.4 Å². The Labute approximate surface area is 104 Å². The summed E-state index contributed by atoms with van der Waals surface area (Å²) in [6.45, 7) is 1.87. The Kier molecular flexibility index (Phi) is 3.19. The zero-order valence-electron chi connectivity index (χ0n) is 9.60. The van der Waals surface area contributed by atoms with Gasteiger partial charge in [0.1, 0.15) is 5.41 Å². The van der Waals surface area contributed by atoms with Gasteiger partial charge >= 0.3 is 5.97 Å². The Balaban J connectivity index is 2.04. The normalized spacial score (nSPS) is 19.1. The van der Waals surface area contributed by atoms with Crippen molar-refractivity contribution in [1.82, 2.24) is 5.32 Å². The molecule has 0 bridgehead atoms.